The summed E-state index contributed by atoms with van der Waals surface area (Å²) < 4.78 is 4.91. The molecule has 0 aliphatic rings. The van der Waals surface area contributed by atoms with Crippen molar-refractivity contribution in [3.63, 3.8) is 0 Å². The number of nitrogens with zero attached hydrogens (tertiary/aromatic N) is 1. The van der Waals surface area contributed by atoms with E-state index in [1.54, 1.807) is 67.6 Å². The highest BCUT2D eigenvalue weighted by atomic mass is 16.5. The van der Waals surface area contributed by atoms with Crippen LogP contribution in [0.4, 0.5) is 17.1 Å². The fraction of sp³-hybridized carbons (Fsp3) is 0.192. The number of anilines is 3. The molecule has 34 heavy (non-hydrogen) atoms. The number of carbonyl (C=O) groups is 3. The summed E-state index contributed by atoms with van der Waals surface area (Å²) in [5, 5.41) is 8.56. The standard InChI is InChI=1S/C26H28N4O4/c1-30(23-9-4-3-5-10-23)26(33)20-7-6-8-22(17-20)28-18-24(31)29-21-13-11-19(12-14-21)25(32)27-15-16-34-2/h3-14,17,28H,15-16,18H2,1-2H3,(H,27,32)(H,29,31). The lowest BCUT2D eigenvalue weighted by molar-refractivity contribution is -0.114. The zero-order valence-electron chi connectivity index (χ0n) is 19.2. The SMILES string of the molecule is COCCNC(=O)c1ccc(NC(=O)CNc2cccc(C(=O)N(C)c3ccccc3)c2)cc1. The van der Waals surface area contributed by atoms with Gasteiger partial charge in [0.05, 0.1) is 13.2 Å². The molecule has 0 aliphatic heterocycles. The summed E-state index contributed by atoms with van der Waals surface area (Å²) in [5.41, 5.74) is 3.04. The molecule has 0 aliphatic carbocycles. The van der Waals surface area contributed by atoms with Gasteiger partial charge in [-0.15, -0.1) is 0 Å². The highest BCUT2D eigenvalue weighted by molar-refractivity contribution is 6.06. The summed E-state index contributed by atoms with van der Waals surface area (Å²) in [6.45, 7) is 0.883. The maximum Gasteiger partial charge on any atom is 0.258 e. The lowest BCUT2D eigenvalue weighted by atomic mass is 10.1. The van der Waals surface area contributed by atoms with E-state index in [0.717, 1.165) is 5.69 Å². The van der Waals surface area contributed by atoms with E-state index < -0.39 is 0 Å². The van der Waals surface area contributed by atoms with E-state index in [0.29, 0.717) is 35.7 Å². The third-order valence-corrected chi connectivity index (χ3v) is 5.03. The Balaban J connectivity index is 1.52. The van der Waals surface area contributed by atoms with Gasteiger partial charge in [0.1, 0.15) is 0 Å². The number of hydrogen-bond donors (Lipinski definition) is 3. The van der Waals surface area contributed by atoms with Crippen LogP contribution < -0.4 is 20.9 Å². The molecule has 3 amide bonds. The van der Waals surface area contributed by atoms with Gasteiger partial charge in [0.15, 0.2) is 0 Å². The molecule has 0 fully saturated rings. The van der Waals surface area contributed by atoms with E-state index >= 15 is 0 Å². The first-order valence-corrected chi connectivity index (χ1v) is 10.8. The van der Waals surface area contributed by atoms with E-state index in [1.165, 1.54) is 0 Å². The first-order chi connectivity index (χ1) is 16.5. The van der Waals surface area contributed by atoms with Crippen LogP contribution >= 0.6 is 0 Å². The average Bonchev–Trinajstić information content (AvgIpc) is 2.88. The Kier molecular flexibility index (Phi) is 8.76. The van der Waals surface area contributed by atoms with Gasteiger partial charge in [0.25, 0.3) is 11.8 Å². The van der Waals surface area contributed by atoms with Crippen molar-refractivity contribution in [2.75, 3.05) is 49.4 Å². The molecule has 0 unspecified atom stereocenters. The maximum atomic E-state index is 12.8. The molecular formula is C26H28N4O4. The molecule has 8 nitrogen and oxygen atoms in total. The third kappa shape index (κ3) is 6.91. The number of nitrogens with one attached hydrogen (secondary N) is 3. The van der Waals surface area contributed by atoms with E-state index in [1.807, 2.05) is 30.3 Å². The fourth-order valence-electron chi connectivity index (χ4n) is 3.19. The monoisotopic (exact) mass is 460 g/mol. The van der Waals surface area contributed by atoms with Gasteiger partial charge in [-0.05, 0) is 54.6 Å². The average molecular weight is 461 g/mol. The molecule has 3 aromatic rings. The van der Waals surface area contributed by atoms with Crippen molar-refractivity contribution < 1.29 is 19.1 Å². The van der Waals surface area contributed by atoms with Gasteiger partial charge in [-0.2, -0.15) is 0 Å². The second-order valence-corrected chi connectivity index (χ2v) is 7.51. The molecule has 0 atom stereocenters. The number of rotatable bonds is 10. The lowest BCUT2D eigenvalue weighted by Gasteiger charge is -2.18. The Morgan fingerprint density at radius 1 is 0.853 bits per heavy atom. The van der Waals surface area contributed by atoms with Gasteiger partial charge in [-0.3, -0.25) is 14.4 Å². The molecule has 8 heteroatoms. The molecule has 0 bridgehead atoms. The summed E-state index contributed by atoms with van der Waals surface area (Å²) in [7, 11) is 3.29. The molecule has 0 radical (unpaired) electrons. The summed E-state index contributed by atoms with van der Waals surface area (Å²) in [4.78, 5) is 38.8. The van der Waals surface area contributed by atoms with Crippen LogP contribution in [0.5, 0.6) is 0 Å². The summed E-state index contributed by atoms with van der Waals surface area (Å²) in [6, 6.07) is 23.0. The third-order valence-electron chi connectivity index (χ3n) is 5.03. The smallest absolute Gasteiger partial charge is 0.258 e. The first kappa shape index (κ1) is 24.5. The number of para-hydroxylation sites is 1. The van der Waals surface area contributed by atoms with Crippen molar-refractivity contribution in [1.82, 2.24) is 5.32 Å². The molecule has 176 valence electrons. The Hall–Kier alpha value is -4.17. The van der Waals surface area contributed by atoms with Crippen molar-refractivity contribution in [3.8, 4) is 0 Å². The van der Waals surface area contributed by atoms with Crippen LogP contribution in [0.1, 0.15) is 20.7 Å². The minimum atomic E-state index is -0.254. The summed E-state index contributed by atoms with van der Waals surface area (Å²) in [5.74, 6) is -0.606. The predicted molar refractivity (Wildman–Crippen MR) is 133 cm³/mol. The number of ether oxygens (including phenoxy) is 1. The summed E-state index contributed by atoms with van der Waals surface area (Å²) in [6.07, 6.45) is 0. The zero-order valence-corrected chi connectivity index (χ0v) is 19.2. The molecule has 0 saturated heterocycles. The van der Waals surface area contributed by atoms with Crippen LogP contribution in [0.15, 0.2) is 78.9 Å². The minimum Gasteiger partial charge on any atom is -0.383 e. The number of methoxy groups -OCH3 is 1. The maximum absolute atomic E-state index is 12.8. The van der Waals surface area contributed by atoms with Crippen LogP contribution in [-0.4, -0.2) is 51.6 Å². The predicted octanol–water partition coefficient (Wildman–Crippen LogP) is 3.39. The van der Waals surface area contributed by atoms with E-state index in [2.05, 4.69) is 16.0 Å². The van der Waals surface area contributed by atoms with Crippen LogP contribution in [0.2, 0.25) is 0 Å². The number of benzene rings is 3. The molecule has 3 rings (SSSR count). The van der Waals surface area contributed by atoms with Crippen LogP contribution in [0.25, 0.3) is 0 Å². The van der Waals surface area contributed by atoms with Crippen LogP contribution in [0, 0.1) is 0 Å². The van der Waals surface area contributed by atoms with Crippen molar-refractivity contribution in [1.29, 1.82) is 0 Å². The highest BCUT2D eigenvalue weighted by Gasteiger charge is 2.14. The first-order valence-electron chi connectivity index (χ1n) is 10.8. The molecule has 3 N–H and O–H groups in total. The van der Waals surface area contributed by atoms with E-state index in [4.69, 9.17) is 4.74 Å². The molecule has 0 saturated carbocycles. The van der Waals surface area contributed by atoms with Crippen molar-refractivity contribution in [2.45, 2.75) is 0 Å². The van der Waals surface area contributed by atoms with Crippen molar-refractivity contribution >= 4 is 34.8 Å². The topological polar surface area (TPSA) is 99.8 Å². The van der Waals surface area contributed by atoms with Crippen LogP contribution in [0.3, 0.4) is 0 Å². The number of carbonyl (C=O) groups excluding carboxylic acids is 3. The Labute approximate surface area is 198 Å². The van der Waals surface area contributed by atoms with Gasteiger partial charge in [-0.1, -0.05) is 24.3 Å². The fourth-order valence-corrected chi connectivity index (χ4v) is 3.19. The normalized spacial score (nSPS) is 10.3. The molecule has 0 aromatic heterocycles. The van der Waals surface area contributed by atoms with Crippen molar-refractivity contribution in [3.05, 3.63) is 90.0 Å². The Bertz CT molecular complexity index is 1120. The van der Waals surface area contributed by atoms with Gasteiger partial charge in [0.2, 0.25) is 5.91 Å². The largest absolute Gasteiger partial charge is 0.383 e. The molecule has 0 heterocycles. The highest BCUT2D eigenvalue weighted by Crippen LogP contribution is 2.17. The molecule has 3 aromatic carbocycles. The van der Waals surface area contributed by atoms with Crippen LogP contribution in [-0.2, 0) is 9.53 Å². The second-order valence-electron chi connectivity index (χ2n) is 7.51. The van der Waals surface area contributed by atoms with Crippen molar-refractivity contribution in [2.24, 2.45) is 0 Å². The lowest BCUT2D eigenvalue weighted by Crippen LogP contribution is -2.27. The van der Waals surface area contributed by atoms with E-state index in [-0.39, 0.29) is 24.3 Å². The van der Waals surface area contributed by atoms with Gasteiger partial charge >= 0.3 is 0 Å². The van der Waals surface area contributed by atoms with Gasteiger partial charge in [-0.25, -0.2) is 0 Å². The Morgan fingerprint density at radius 3 is 2.29 bits per heavy atom. The summed E-state index contributed by atoms with van der Waals surface area (Å²) >= 11 is 0. The molecular weight excluding hydrogens is 432 g/mol. The van der Waals surface area contributed by atoms with Gasteiger partial charge < -0.3 is 25.6 Å². The quantitative estimate of drug-likeness (QED) is 0.403. The number of amides is 3. The second kappa shape index (κ2) is 12.2. The van der Waals surface area contributed by atoms with E-state index in [9.17, 15) is 14.4 Å². The van der Waals surface area contributed by atoms with Gasteiger partial charge in [0, 0.05) is 48.9 Å². The zero-order chi connectivity index (χ0) is 24.3. The minimum absolute atomic E-state index is 0.0193. The molecule has 0 spiro atoms. The Morgan fingerprint density at radius 2 is 1.59 bits per heavy atom. The number of hydrogen-bond acceptors (Lipinski definition) is 5.